The molecule has 0 atom stereocenters. The van der Waals surface area contributed by atoms with E-state index in [-0.39, 0.29) is 54.2 Å². The average molecular weight is 561 g/mol. The number of aliphatic hydroxyl groups excluding tert-OH is 2. The molecule has 204 valence electrons. The van der Waals surface area contributed by atoms with Gasteiger partial charge in [-0.05, 0) is 30.3 Å². The van der Waals surface area contributed by atoms with Crippen LogP contribution in [0.1, 0.15) is 6.92 Å². The van der Waals surface area contributed by atoms with Crippen molar-refractivity contribution in [2.75, 3.05) is 56.0 Å². The van der Waals surface area contributed by atoms with E-state index in [0.29, 0.717) is 11.4 Å². The van der Waals surface area contributed by atoms with E-state index in [1.54, 1.807) is 11.0 Å². The van der Waals surface area contributed by atoms with Crippen molar-refractivity contribution in [3.63, 3.8) is 0 Å². The first-order chi connectivity index (χ1) is 17.4. The molecule has 0 aliphatic carbocycles. The van der Waals surface area contributed by atoms with E-state index in [4.69, 9.17) is 9.29 Å². The van der Waals surface area contributed by atoms with E-state index in [1.165, 1.54) is 44.4 Å². The Morgan fingerprint density at radius 3 is 2.16 bits per heavy atom. The summed E-state index contributed by atoms with van der Waals surface area (Å²) in [4.78, 5) is 13.3. The molecule has 0 aromatic heterocycles. The molecule has 2 aromatic carbocycles. The second-order valence-electron chi connectivity index (χ2n) is 7.42. The minimum absolute atomic E-state index is 0.122. The number of aliphatic hydroxyl groups is 2. The summed E-state index contributed by atoms with van der Waals surface area (Å²) in [6.45, 7) is 0.604. The van der Waals surface area contributed by atoms with Crippen molar-refractivity contribution in [1.29, 1.82) is 0 Å². The number of amides is 1. The topological polar surface area (TPSA) is 204 Å². The minimum Gasteiger partial charge on any atom is -0.494 e. The number of ether oxygens (including phenoxy) is 1. The first-order valence-corrected chi connectivity index (χ1v) is 13.7. The smallest absolute Gasteiger partial charge is 0.397 e. The van der Waals surface area contributed by atoms with Crippen molar-refractivity contribution in [1.82, 2.24) is 0 Å². The second kappa shape index (κ2) is 13.4. The van der Waals surface area contributed by atoms with Crippen LogP contribution in [0.4, 0.5) is 22.7 Å². The third-order valence-electron chi connectivity index (χ3n) is 4.74. The normalized spacial score (nSPS) is 12.0. The molecule has 2 aromatic rings. The molecule has 0 heterocycles. The molecule has 0 radical (unpaired) electrons. The van der Waals surface area contributed by atoms with Gasteiger partial charge in [-0.15, -0.1) is 5.11 Å². The number of hydrogen-bond donors (Lipinski definition) is 4. The molecule has 0 aliphatic rings. The summed E-state index contributed by atoms with van der Waals surface area (Å²) in [6.07, 6.45) is 0. The predicted octanol–water partition coefficient (Wildman–Crippen LogP) is 1.45. The Hall–Kier alpha value is -3.15. The zero-order valence-electron chi connectivity index (χ0n) is 20.1. The number of nitrogens with zero attached hydrogens (tertiary/aromatic N) is 3. The van der Waals surface area contributed by atoms with E-state index in [9.17, 15) is 31.8 Å². The maximum Gasteiger partial charge on any atom is 0.397 e. The summed E-state index contributed by atoms with van der Waals surface area (Å²) in [7, 11) is -7.22. The maximum absolute atomic E-state index is 12.3. The number of benzene rings is 2. The van der Waals surface area contributed by atoms with E-state index in [1.807, 2.05) is 0 Å². The lowest BCUT2D eigenvalue weighted by Gasteiger charge is -2.26. The highest BCUT2D eigenvalue weighted by Crippen LogP contribution is 2.39. The summed E-state index contributed by atoms with van der Waals surface area (Å²) >= 11 is 0. The molecule has 0 aliphatic heterocycles. The molecule has 37 heavy (non-hydrogen) atoms. The van der Waals surface area contributed by atoms with Gasteiger partial charge in [-0.25, -0.2) is 12.6 Å². The third kappa shape index (κ3) is 9.34. The number of carbonyl (C=O) groups is 1. The number of carbonyl (C=O) groups excluding carboxylic acids is 1. The fraction of sp³-hybridized carbons (Fsp3) is 0.381. The molecule has 14 nitrogen and oxygen atoms in total. The summed E-state index contributed by atoms with van der Waals surface area (Å²) < 4.78 is 63.8. The Kier molecular flexibility index (Phi) is 10.9. The molecule has 0 fully saturated rings. The van der Waals surface area contributed by atoms with Crippen LogP contribution < -0.4 is 15.0 Å². The van der Waals surface area contributed by atoms with Crippen LogP contribution in [0.2, 0.25) is 0 Å². The van der Waals surface area contributed by atoms with Crippen LogP contribution >= 0.6 is 0 Å². The van der Waals surface area contributed by atoms with Crippen LogP contribution in [0.5, 0.6) is 5.75 Å². The number of rotatable bonds is 14. The van der Waals surface area contributed by atoms with Gasteiger partial charge in [0.05, 0.1) is 54.6 Å². The lowest BCUT2D eigenvalue weighted by molar-refractivity contribution is -0.114. The molecule has 16 heteroatoms. The van der Waals surface area contributed by atoms with Gasteiger partial charge in [0.15, 0.2) is 9.84 Å². The summed E-state index contributed by atoms with van der Waals surface area (Å²) in [5, 5.41) is 29.6. The van der Waals surface area contributed by atoms with Crippen LogP contribution in [0.3, 0.4) is 0 Å². The van der Waals surface area contributed by atoms with Gasteiger partial charge in [0.25, 0.3) is 0 Å². The summed E-state index contributed by atoms with van der Waals surface area (Å²) in [6, 6.07) is 8.32. The Labute approximate surface area is 214 Å². The number of nitrogens with one attached hydrogen (secondary N) is 1. The maximum atomic E-state index is 12.3. The quantitative estimate of drug-likeness (QED) is 0.192. The monoisotopic (exact) mass is 560 g/mol. The zero-order chi connectivity index (χ0) is 27.6. The number of anilines is 2. The Bertz CT molecular complexity index is 1310. The van der Waals surface area contributed by atoms with Gasteiger partial charge >= 0.3 is 10.4 Å². The Morgan fingerprint density at radius 1 is 1.03 bits per heavy atom. The van der Waals surface area contributed by atoms with Gasteiger partial charge < -0.3 is 25.2 Å². The van der Waals surface area contributed by atoms with Crippen LogP contribution in [-0.2, 0) is 29.2 Å². The minimum atomic E-state index is -4.75. The average Bonchev–Trinajstić information content (AvgIpc) is 2.82. The molecular weight excluding hydrogens is 532 g/mol. The van der Waals surface area contributed by atoms with Crippen molar-refractivity contribution >= 4 is 48.9 Å². The first-order valence-electron chi connectivity index (χ1n) is 10.7. The predicted molar refractivity (Wildman–Crippen MR) is 134 cm³/mol. The van der Waals surface area contributed by atoms with E-state index in [0.717, 1.165) is 0 Å². The molecule has 1 amide bonds. The van der Waals surface area contributed by atoms with Gasteiger partial charge in [0.1, 0.15) is 11.4 Å². The van der Waals surface area contributed by atoms with Gasteiger partial charge in [-0.1, -0.05) is 0 Å². The van der Waals surface area contributed by atoms with Gasteiger partial charge in [-0.2, -0.15) is 13.5 Å². The number of hydrogen-bond acceptors (Lipinski definition) is 12. The lowest BCUT2D eigenvalue weighted by Crippen LogP contribution is -2.30. The fourth-order valence-electron chi connectivity index (χ4n) is 3.13. The molecule has 0 spiro atoms. The van der Waals surface area contributed by atoms with E-state index in [2.05, 4.69) is 19.7 Å². The summed E-state index contributed by atoms with van der Waals surface area (Å²) in [5.74, 6) is -0.710. The SMILES string of the molecule is COc1cc(N=Nc2ccc(S(=O)(=O)CCOS(=O)(=O)O)cc2)c(NC(C)=O)cc1N(CCO)CCO. The van der Waals surface area contributed by atoms with Crippen LogP contribution in [-0.4, -0.2) is 83.3 Å². The molecule has 0 unspecified atom stereocenters. The largest absolute Gasteiger partial charge is 0.494 e. The van der Waals surface area contributed by atoms with Crippen molar-refractivity contribution in [3.05, 3.63) is 36.4 Å². The standard InChI is InChI=1S/C21H28N4O10S2/c1-15(28)22-18-13-20(25(7-9-26)8-10-27)21(34-2)14-19(18)24-23-16-3-5-17(6-4-16)36(29,30)12-11-35-37(31,32)33/h3-6,13-14,26-27H,7-12H2,1-2H3,(H,22,28)(H,31,32,33). The fourth-order valence-corrected chi connectivity index (χ4v) is 4.62. The van der Waals surface area contributed by atoms with Crippen LogP contribution in [0.25, 0.3) is 0 Å². The molecule has 2 rings (SSSR count). The van der Waals surface area contributed by atoms with E-state index >= 15 is 0 Å². The molecular formula is C21H28N4O10S2. The number of methoxy groups -OCH3 is 1. The van der Waals surface area contributed by atoms with Crippen molar-refractivity contribution in [3.8, 4) is 5.75 Å². The third-order valence-corrected chi connectivity index (χ3v) is 6.90. The van der Waals surface area contributed by atoms with Crippen molar-refractivity contribution in [2.45, 2.75) is 11.8 Å². The van der Waals surface area contributed by atoms with Gasteiger partial charge in [-0.3, -0.25) is 9.35 Å². The zero-order valence-corrected chi connectivity index (χ0v) is 21.7. The van der Waals surface area contributed by atoms with Crippen LogP contribution in [0, 0.1) is 0 Å². The number of azo groups is 1. The van der Waals surface area contributed by atoms with Crippen molar-refractivity contribution in [2.24, 2.45) is 10.2 Å². The summed E-state index contributed by atoms with van der Waals surface area (Å²) in [5.41, 5.74) is 1.28. The highest BCUT2D eigenvalue weighted by Gasteiger charge is 2.18. The highest BCUT2D eigenvalue weighted by atomic mass is 32.3. The molecule has 4 N–H and O–H groups in total. The van der Waals surface area contributed by atoms with Crippen LogP contribution in [0.15, 0.2) is 51.5 Å². The van der Waals surface area contributed by atoms with Gasteiger partial charge in [0, 0.05) is 26.1 Å². The number of sulfone groups is 1. The molecule has 0 saturated heterocycles. The molecule has 0 saturated carbocycles. The van der Waals surface area contributed by atoms with Crippen molar-refractivity contribution < 1.29 is 45.3 Å². The Balaban J connectivity index is 2.34. The second-order valence-corrected chi connectivity index (χ2v) is 10.6. The lowest BCUT2D eigenvalue weighted by atomic mass is 10.2. The molecule has 0 bridgehead atoms. The van der Waals surface area contributed by atoms with Gasteiger partial charge in [0.2, 0.25) is 5.91 Å². The highest BCUT2D eigenvalue weighted by molar-refractivity contribution is 7.91. The Morgan fingerprint density at radius 2 is 1.65 bits per heavy atom. The first kappa shape index (κ1) is 30.1. The van der Waals surface area contributed by atoms with E-state index < -0.39 is 32.6 Å².